The van der Waals surface area contributed by atoms with E-state index in [1.807, 2.05) is 0 Å². The maximum atomic E-state index is 9.38. The molecule has 0 atom stereocenters. The second-order valence-electron chi connectivity index (χ2n) is 1.50. The van der Waals surface area contributed by atoms with Gasteiger partial charge in [0.2, 0.25) is 0 Å². The normalized spacial score (nSPS) is 11.6. The van der Waals surface area contributed by atoms with Crippen molar-refractivity contribution in [3.05, 3.63) is 0 Å². The zero-order valence-electron chi connectivity index (χ0n) is 7.62. The van der Waals surface area contributed by atoms with Gasteiger partial charge in [-0.3, -0.25) is 0 Å². The van der Waals surface area contributed by atoms with Crippen molar-refractivity contribution in [2.45, 2.75) is 0 Å². The molecule has 17 heteroatoms. The molecule has 0 aliphatic heterocycles. The second kappa shape index (κ2) is 9.47. The van der Waals surface area contributed by atoms with Crippen molar-refractivity contribution < 1.29 is 104 Å². The molecular formula is H8Mo3N2O12. The van der Waals surface area contributed by atoms with Crippen LogP contribution >= 0.6 is 0 Å². The van der Waals surface area contributed by atoms with Crippen LogP contribution in [0.2, 0.25) is 0 Å². The molecule has 0 radical (unpaired) electrons. The molecule has 17 heavy (non-hydrogen) atoms. The number of rotatable bonds is 2. The molecule has 0 aliphatic rings. The topological polar surface area (TPSA) is 263 Å². The Labute approximate surface area is 104 Å². The quantitative estimate of drug-likeness (QED) is 0.197. The molecule has 0 aromatic heterocycles. The molecular weight excluding hydrogens is 508 g/mol. The molecule has 0 fully saturated rings. The van der Waals surface area contributed by atoms with Crippen molar-refractivity contribution in [1.29, 1.82) is 0 Å². The van der Waals surface area contributed by atoms with Gasteiger partial charge in [-0.05, 0) is 0 Å². The van der Waals surface area contributed by atoms with Gasteiger partial charge in [0.05, 0.1) is 0 Å². The van der Waals surface area contributed by atoms with Crippen LogP contribution in [0.4, 0.5) is 0 Å². The molecule has 0 saturated carbocycles. The van der Waals surface area contributed by atoms with Gasteiger partial charge in [-0.25, -0.2) is 0 Å². The molecule has 0 heterocycles. The fourth-order valence-corrected chi connectivity index (χ4v) is 0. The minimum atomic E-state index is -6.02. The van der Waals surface area contributed by atoms with Gasteiger partial charge in [0, 0.05) is 0 Å². The van der Waals surface area contributed by atoms with Crippen molar-refractivity contribution in [3.63, 3.8) is 0 Å². The Kier molecular flexibility index (Phi) is 12.6. The molecule has 14 nitrogen and oxygen atoms in total. The first-order valence-corrected chi connectivity index (χ1v) is 12.6. The van der Waals surface area contributed by atoms with E-state index in [0.717, 1.165) is 0 Å². The summed E-state index contributed by atoms with van der Waals surface area (Å²) in [6, 6.07) is 0. The summed E-state index contributed by atoms with van der Waals surface area (Å²) in [5.74, 6) is 4.93. The molecule has 8 N–H and O–H groups in total. The van der Waals surface area contributed by atoms with Crippen molar-refractivity contribution in [2.75, 3.05) is 0 Å². The number of quaternary nitrogens is 2. The molecule has 0 aliphatic carbocycles. The van der Waals surface area contributed by atoms with Crippen LogP contribution in [0, 0.1) is 0 Å². The van der Waals surface area contributed by atoms with Crippen LogP contribution in [0.3, 0.4) is 0 Å². The van der Waals surface area contributed by atoms with Crippen molar-refractivity contribution >= 4 is 0 Å². The minimum absolute atomic E-state index is 2.47. The van der Waals surface area contributed by atoms with Crippen LogP contribution in [0.25, 0.3) is 0 Å². The molecule has 0 saturated heterocycles. The van der Waals surface area contributed by atoms with E-state index < -0.39 is 50.2 Å². The summed E-state index contributed by atoms with van der Waals surface area (Å²) < 4.78 is 93.9. The SMILES string of the molecule is [NH3+][O][Mo](=[O])(=[O])[OH].[NH3+][O][Mo](=[O])(=[O])[OH].[O]=[Mo](=[O])([O-])[O-]. The van der Waals surface area contributed by atoms with Gasteiger partial charge >= 0.3 is 104 Å². The Balaban J connectivity index is -0.000000174. The van der Waals surface area contributed by atoms with E-state index in [2.05, 4.69) is 18.8 Å². The van der Waals surface area contributed by atoms with E-state index in [0.29, 0.717) is 0 Å². The summed E-state index contributed by atoms with van der Waals surface area (Å²) in [5, 5.41) is 0. The molecule has 0 bridgehead atoms. The molecule has 0 spiro atoms. The molecule has 0 aromatic rings. The van der Waals surface area contributed by atoms with Gasteiger partial charge in [-0.15, -0.1) is 0 Å². The Hall–Kier alpha value is 0.545. The Morgan fingerprint density at radius 2 is 0.824 bits per heavy atom. The van der Waals surface area contributed by atoms with E-state index in [1.54, 1.807) is 0 Å². The summed E-state index contributed by atoms with van der Waals surface area (Å²) in [6.45, 7) is 0. The van der Waals surface area contributed by atoms with Crippen molar-refractivity contribution in [2.24, 2.45) is 0 Å². The average molecular weight is 516 g/mol. The second-order valence-corrected chi connectivity index (χ2v) is 8.87. The van der Waals surface area contributed by atoms with Crippen LogP contribution in [0.15, 0.2) is 0 Å². The third kappa shape index (κ3) is 81.7. The monoisotopic (exact) mass is 522 g/mol. The summed E-state index contributed by atoms with van der Waals surface area (Å²) in [4.78, 5) is 0. The number of hydrogen-bond acceptors (Lipinski definition) is 10. The Morgan fingerprint density at radius 3 is 0.824 bits per heavy atom. The van der Waals surface area contributed by atoms with E-state index in [1.165, 1.54) is 0 Å². The van der Waals surface area contributed by atoms with Gasteiger partial charge in [0.25, 0.3) is 0 Å². The van der Waals surface area contributed by atoms with Crippen LogP contribution in [-0.4, -0.2) is 7.52 Å². The molecule has 0 unspecified atom stereocenters. The standard InChI is InChI=1S/3Mo.2H3NO.2H2O.8O/c;;;2*1-2;;;;;;;;;;/h;;;2*1H3;2*1H2;;;;;;;;/q;2*+2;;;;;;;;;;;2*-1/p-2. The predicted molar refractivity (Wildman–Crippen MR) is 16.5 cm³/mol. The molecule has 108 valence electrons. The first-order chi connectivity index (χ1) is 7.12. The Morgan fingerprint density at radius 1 is 0.765 bits per heavy atom. The van der Waals surface area contributed by atoms with Crippen LogP contribution in [-0.2, 0) is 77.6 Å². The fraction of sp³-hybridized carbons (Fsp3) is 0. The Bertz CT molecular complexity index is 424. The fourth-order valence-electron chi connectivity index (χ4n) is 0. The van der Waals surface area contributed by atoms with Gasteiger partial charge in [0.1, 0.15) is 0 Å². The van der Waals surface area contributed by atoms with E-state index in [4.69, 9.17) is 21.8 Å². The van der Waals surface area contributed by atoms with Gasteiger partial charge in [-0.1, -0.05) is 0 Å². The summed E-state index contributed by atoms with van der Waals surface area (Å²) in [5.41, 5.74) is 0. The molecule has 0 amide bonds. The number of hydrogen-bond donors (Lipinski definition) is 4. The third-order valence-corrected chi connectivity index (χ3v) is 1.76. The van der Waals surface area contributed by atoms with Crippen LogP contribution in [0.5, 0.6) is 0 Å². The first-order valence-electron chi connectivity index (χ1n) is 2.61. The average Bonchev–Trinajstić information content (AvgIpc) is 2.00. The van der Waals surface area contributed by atoms with E-state index in [9.17, 15) is 13.6 Å². The van der Waals surface area contributed by atoms with Gasteiger partial charge in [0.15, 0.2) is 0 Å². The molecule has 0 aromatic carbocycles. The van der Waals surface area contributed by atoms with E-state index in [-0.39, 0.29) is 0 Å². The van der Waals surface area contributed by atoms with E-state index >= 15 is 0 Å². The van der Waals surface area contributed by atoms with Crippen molar-refractivity contribution in [1.82, 2.24) is 0 Å². The van der Waals surface area contributed by atoms with Crippen LogP contribution in [0.1, 0.15) is 0 Å². The van der Waals surface area contributed by atoms with Gasteiger partial charge < -0.3 is 0 Å². The van der Waals surface area contributed by atoms with Crippen LogP contribution < -0.4 is 19.3 Å². The first kappa shape index (κ1) is 22.7. The summed E-state index contributed by atoms with van der Waals surface area (Å²) in [7, 11) is 0. The van der Waals surface area contributed by atoms with Gasteiger partial charge in [-0.2, -0.15) is 0 Å². The summed E-state index contributed by atoms with van der Waals surface area (Å²) in [6.07, 6.45) is 0. The summed E-state index contributed by atoms with van der Waals surface area (Å²) >= 11 is -16.4. The predicted octanol–water partition coefficient (Wildman–Crippen LogP) is -6.96. The zero-order chi connectivity index (χ0) is 14.9. The third-order valence-electron chi connectivity index (χ3n) is 0.298. The maximum absolute atomic E-state index is 9.38. The zero-order valence-corrected chi connectivity index (χ0v) is 13.6. The molecule has 0 rings (SSSR count). The van der Waals surface area contributed by atoms with Crippen molar-refractivity contribution in [3.8, 4) is 0 Å².